The van der Waals surface area contributed by atoms with Gasteiger partial charge in [-0.25, -0.2) is 4.39 Å². The lowest BCUT2D eigenvalue weighted by Gasteiger charge is -2.29. The number of hydrogen-bond acceptors (Lipinski definition) is 4. The Balaban J connectivity index is 1.37. The first-order valence-corrected chi connectivity index (χ1v) is 12.3. The molecule has 5 rings (SSSR count). The van der Waals surface area contributed by atoms with E-state index >= 15 is 0 Å². The number of hydrogen-bond donors (Lipinski definition) is 0. The molecule has 1 aliphatic carbocycles. The Morgan fingerprint density at radius 2 is 1.77 bits per heavy atom. The van der Waals surface area contributed by atoms with Gasteiger partial charge in [0.25, 0.3) is 0 Å². The van der Waals surface area contributed by atoms with Gasteiger partial charge in [-0.15, -0.1) is 0 Å². The van der Waals surface area contributed by atoms with Gasteiger partial charge >= 0.3 is 5.97 Å². The number of methoxy groups -OCH3 is 2. The molecule has 1 aliphatic heterocycles. The fraction of sp³-hybridized carbons (Fsp3) is 0.367. The second kappa shape index (κ2) is 9.73. The fourth-order valence-corrected chi connectivity index (χ4v) is 5.32. The zero-order valence-corrected chi connectivity index (χ0v) is 20.4. The normalized spacial score (nSPS) is 18.7. The number of fused-ring (bicyclic) bond motifs is 1. The van der Waals surface area contributed by atoms with E-state index in [9.17, 15) is 9.18 Å². The Morgan fingerprint density at radius 3 is 2.46 bits per heavy atom. The van der Waals surface area contributed by atoms with Gasteiger partial charge in [-0.2, -0.15) is 0 Å². The molecule has 1 fully saturated rings. The van der Waals surface area contributed by atoms with Gasteiger partial charge in [0.05, 0.1) is 20.1 Å². The molecule has 0 spiro atoms. The summed E-state index contributed by atoms with van der Waals surface area (Å²) in [6.07, 6.45) is 4.02. The van der Waals surface area contributed by atoms with E-state index in [0.717, 1.165) is 48.1 Å². The molecule has 1 saturated carbocycles. The highest BCUT2D eigenvalue weighted by atomic mass is 19.1. The molecule has 0 amide bonds. The molecule has 0 N–H and O–H groups in total. The van der Waals surface area contributed by atoms with Crippen LogP contribution in [-0.4, -0.2) is 20.2 Å². The van der Waals surface area contributed by atoms with Crippen LogP contribution in [0.3, 0.4) is 0 Å². The Labute approximate surface area is 206 Å². The fourth-order valence-electron chi connectivity index (χ4n) is 5.32. The highest BCUT2D eigenvalue weighted by Crippen LogP contribution is 2.48. The Morgan fingerprint density at radius 1 is 1.00 bits per heavy atom. The summed E-state index contributed by atoms with van der Waals surface area (Å²) in [5.74, 6) is 1.56. The molecule has 4 nitrogen and oxygen atoms in total. The summed E-state index contributed by atoms with van der Waals surface area (Å²) in [6, 6.07) is 19.1. The highest BCUT2D eigenvalue weighted by molar-refractivity contribution is 5.73. The number of aryl methyl sites for hydroxylation is 1. The van der Waals surface area contributed by atoms with Crippen molar-refractivity contribution >= 4 is 5.97 Å². The number of esters is 1. The summed E-state index contributed by atoms with van der Waals surface area (Å²) in [7, 11) is 3.03. The first-order valence-electron chi connectivity index (χ1n) is 12.3. The van der Waals surface area contributed by atoms with Crippen LogP contribution in [0.25, 0.3) is 11.1 Å². The monoisotopic (exact) mass is 474 g/mol. The minimum Gasteiger partial charge on any atom is -0.497 e. The van der Waals surface area contributed by atoms with E-state index in [1.165, 1.54) is 18.7 Å². The van der Waals surface area contributed by atoms with E-state index in [1.807, 2.05) is 31.2 Å². The van der Waals surface area contributed by atoms with Crippen molar-refractivity contribution in [3.8, 4) is 22.6 Å². The Bertz CT molecular complexity index is 1220. The molecule has 1 unspecified atom stereocenters. The standard InChI is InChI=1S/C30H31FO4/c1-18(30(32)34-3)29(22-9-10-22)23-11-8-21-12-15-27(35-28(21)16-23)20-6-4-19(5-7-20)25-17-24(33-2)13-14-26(25)31/h4-8,11,13-14,16-18,22,27,29H,9-10,12,15H2,1-3H3/t18-,27?,29-/m0/s1. The minimum absolute atomic E-state index is 0.0700. The van der Waals surface area contributed by atoms with Crippen LogP contribution in [0.15, 0.2) is 60.7 Å². The van der Waals surface area contributed by atoms with Gasteiger partial charge in [0.1, 0.15) is 23.4 Å². The zero-order chi connectivity index (χ0) is 24.5. The molecule has 3 aromatic rings. The Hall–Kier alpha value is -3.34. The average Bonchev–Trinajstić information content (AvgIpc) is 3.73. The summed E-state index contributed by atoms with van der Waals surface area (Å²) < 4.78 is 31.2. The topological polar surface area (TPSA) is 44.8 Å². The molecule has 0 bridgehead atoms. The third kappa shape index (κ3) is 4.77. The van der Waals surface area contributed by atoms with Crippen LogP contribution in [-0.2, 0) is 16.0 Å². The van der Waals surface area contributed by atoms with Gasteiger partial charge in [-0.3, -0.25) is 4.79 Å². The first kappa shape index (κ1) is 23.4. The molecule has 5 heteroatoms. The van der Waals surface area contributed by atoms with Crippen LogP contribution in [0.2, 0.25) is 0 Å². The molecule has 0 aromatic heterocycles. The smallest absolute Gasteiger partial charge is 0.309 e. The molecule has 35 heavy (non-hydrogen) atoms. The van der Waals surface area contributed by atoms with Gasteiger partial charge in [-0.05, 0) is 84.0 Å². The number of carbonyl (C=O) groups is 1. The largest absolute Gasteiger partial charge is 0.497 e. The maximum Gasteiger partial charge on any atom is 0.309 e. The van der Waals surface area contributed by atoms with Crippen molar-refractivity contribution in [3.63, 3.8) is 0 Å². The predicted octanol–water partition coefficient (Wildman–Crippen LogP) is 6.87. The van der Waals surface area contributed by atoms with Crippen LogP contribution >= 0.6 is 0 Å². The molecule has 0 radical (unpaired) electrons. The molecule has 1 heterocycles. The van der Waals surface area contributed by atoms with Crippen LogP contribution in [0, 0.1) is 17.7 Å². The first-order chi connectivity index (χ1) is 17.0. The van der Waals surface area contributed by atoms with Crippen LogP contribution in [0.5, 0.6) is 11.5 Å². The highest BCUT2D eigenvalue weighted by Gasteiger charge is 2.39. The lowest BCUT2D eigenvalue weighted by molar-refractivity contribution is -0.145. The van der Waals surface area contributed by atoms with Gasteiger partial charge in [-0.1, -0.05) is 43.3 Å². The quantitative estimate of drug-likeness (QED) is 0.351. The minimum atomic E-state index is -0.277. The van der Waals surface area contributed by atoms with Crippen LogP contribution in [0.4, 0.5) is 4.39 Å². The number of rotatable bonds is 7. The van der Waals surface area contributed by atoms with Crippen molar-refractivity contribution in [3.05, 3.63) is 83.2 Å². The average molecular weight is 475 g/mol. The van der Waals surface area contributed by atoms with Crippen molar-refractivity contribution in [2.75, 3.05) is 14.2 Å². The maximum atomic E-state index is 14.4. The lowest BCUT2D eigenvalue weighted by Crippen LogP contribution is -2.23. The number of benzene rings is 3. The molecule has 3 atom stereocenters. The zero-order valence-electron chi connectivity index (χ0n) is 20.4. The van der Waals surface area contributed by atoms with Gasteiger partial charge in [0, 0.05) is 5.56 Å². The summed E-state index contributed by atoms with van der Waals surface area (Å²) in [4.78, 5) is 12.3. The van der Waals surface area contributed by atoms with E-state index in [0.29, 0.717) is 17.2 Å². The summed E-state index contributed by atoms with van der Waals surface area (Å²) in [6.45, 7) is 1.96. The lowest BCUT2D eigenvalue weighted by atomic mass is 9.82. The second-order valence-corrected chi connectivity index (χ2v) is 9.66. The maximum absolute atomic E-state index is 14.4. The van der Waals surface area contributed by atoms with Crippen molar-refractivity contribution in [2.24, 2.45) is 11.8 Å². The summed E-state index contributed by atoms with van der Waals surface area (Å²) >= 11 is 0. The molecule has 2 aliphatic rings. The Kier molecular flexibility index (Phi) is 6.50. The SMILES string of the molecule is COC(=O)[C@@H](C)[C@H](c1ccc2c(c1)OC(c1ccc(-c3cc(OC)ccc3F)cc1)CC2)C1CC1. The van der Waals surface area contributed by atoms with E-state index < -0.39 is 0 Å². The number of carbonyl (C=O) groups excluding carboxylic acids is 1. The molecule has 0 saturated heterocycles. The van der Waals surface area contributed by atoms with Crippen LogP contribution < -0.4 is 9.47 Å². The van der Waals surface area contributed by atoms with Crippen molar-refractivity contribution < 1.29 is 23.4 Å². The van der Waals surface area contributed by atoms with Crippen LogP contribution in [0.1, 0.15) is 54.9 Å². The van der Waals surface area contributed by atoms with E-state index in [1.54, 1.807) is 19.2 Å². The molecular weight excluding hydrogens is 443 g/mol. The summed E-state index contributed by atoms with van der Waals surface area (Å²) in [5.41, 5.74) is 4.72. The van der Waals surface area contributed by atoms with E-state index in [-0.39, 0.29) is 29.7 Å². The van der Waals surface area contributed by atoms with Crippen molar-refractivity contribution in [1.29, 1.82) is 0 Å². The number of ether oxygens (including phenoxy) is 3. The van der Waals surface area contributed by atoms with E-state index in [4.69, 9.17) is 14.2 Å². The number of halogens is 1. The summed E-state index contributed by atoms with van der Waals surface area (Å²) in [5, 5.41) is 0. The van der Waals surface area contributed by atoms with Gasteiger partial charge < -0.3 is 14.2 Å². The van der Waals surface area contributed by atoms with Gasteiger partial charge in [0.15, 0.2) is 0 Å². The third-order valence-corrected chi connectivity index (χ3v) is 7.43. The van der Waals surface area contributed by atoms with Crippen molar-refractivity contribution in [2.45, 2.75) is 44.6 Å². The molecule has 182 valence electrons. The third-order valence-electron chi connectivity index (χ3n) is 7.43. The van der Waals surface area contributed by atoms with E-state index in [2.05, 4.69) is 18.2 Å². The molecule has 3 aromatic carbocycles. The van der Waals surface area contributed by atoms with Gasteiger partial charge in [0.2, 0.25) is 0 Å². The van der Waals surface area contributed by atoms with Crippen molar-refractivity contribution in [1.82, 2.24) is 0 Å². The second-order valence-electron chi connectivity index (χ2n) is 9.66. The predicted molar refractivity (Wildman–Crippen MR) is 133 cm³/mol. The molecular formula is C30H31FO4.